The van der Waals surface area contributed by atoms with Gasteiger partial charge in [0.25, 0.3) is 11.9 Å². The first kappa shape index (κ1) is 22.7. The van der Waals surface area contributed by atoms with Gasteiger partial charge >= 0.3 is 0 Å². The Hall–Kier alpha value is -3.13. The maximum absolute atomic E-state index is 13.2. The first-order valence-electron chi connectivity index (χ1n) is 10.7. The van der Waals surface area contributed by atoms with Crippen LogP contribution in [0.4, 0.5) is 5.69 Å². The highest BCUT2D eigenvalue weighted by Crippen LogP contribution is 2.52. The van der Waals surface area contributed by atoms with Crippen molar-refractivity contribution in [3.8, 4) is 5.75 Å². The van der Waals surface area contributed by atoms with Gasteiger partial charge in [0.2, 0.25) is 0 Å². The average molecular weight is 498 g/mol. The number of ether oxygens (including phenoxy) is 1. The highest BCUT2D eigenvalue weighted by Gasteiger charge is 2.68. The van der Waals surface area contributed by atoms with E-state index in [0.29, 0.717) is 40.2 Å². The lowest BCUT2D eigenvalue weighted by atomic mass is 9.79. The molecule has 0 bridgehead atoms. The number of nitrogens with one attached hydrogen (secondary N) is 1. The lowest BCUT2D eigenvalue weighted by Gasteiger charge is -2.30. The zero-order chi connectivity index (χ0) is 24.0. The van der Waals surface area contributed by atoms with Crippen LogP contribution in [0.1, 0.15) is 22.6 Å². The molecule has 1 fully saturated rings. The molecule has 2 aliphatic rings. The van der Waals surface area contributed by atoms with Gasteiger partial charge in [-0.15, -0.1) is 0 Å². The summed E-state index contributed by atoms with van der Waals surface area (Å²) >= 11 is 12.0. The third-order valence-electron chi connectivity index (χ3n) is 6.74. The highest BCUT2D eigenvalue weighted by atomic mass is 35.5. The maximum atomic E-state index is 13.2. The number of para-hydroxylation sites is 1. The minimum absolute atomic E-state index is 0.306. The average Bonchev–Trinajstić information content (AvgIpc) is 3.30. The molecule has 2 heterocycles. The maximum Gasteiger partial charge on any atom is 0.256 e. The number of amides is 1. The summed E-state index contributed by atoms with van der Waals surface area (Å²) in [5.74, 6) is -0.208. The zero-order valence-corrected chi connectivity index (χ0v) is 19.7. The van der Waals surface area contributed by atoms with E-state index in [-0.39, 0.29) is 10.8 Å². The molecule has 3 aromatic carbocycles. The second kappa shape index (κ2) is 8.58. The first-order chi connectivity index (χ1) is 16.3. The molecule has 1 saturated heterocycles. The number of rotatable bonds is 5. The number of likely N-dealkylation sites (tertiary alicyclic amines) is 1. The van der Waals surface area contributed by atoms with Crippen molar-refractivity contribution in [2.45, 2.75) is 24.1 Å². The molecule has 1 amide bonds. The first-order valence-corrected chi connectivity index (χ1v) is 11.5. The van der Waals surface area contributed by atoms with Crippen molar-refractivity contribution in [3.05, 3.63) is 104 Å². The SMILES string of the molecule is CN1C[C@H](c2ccc(OCc3ccc(Cl)c(Cl)c3)cc2)[C@@H]([N+](=O)[O-])[C@@]12C(=O)Nc1ccccc12. The molecule has 5 rings (SSSR count). The molecule has 0 aromatic heterocycles. The van der Waals surface area contributed by atoms with Gasteiger partial charge in [-0.1, -0.05) is 59.6 Å². The number of nitro groups is 1. The van der Waals surface area contributed by atoms with Crippen LogP contribution in [0.3, 0.4) is 0 Å². The number of fused-ring (bicyclic) bond motifs is 2. The molecule has 7 nitrogen and oxygen atoms in total. The van der Waals surface area contributed by atoms with E-state index < -0.39 is 17.5 Å². The van der Waals surface area contributed by atoms with E-state index >= 15 is 0 Å². The van der Waals surface area contributed by atoms with E-state index in [9.17, 15) is 14.9 Å². The Labute approximate surface area is 206 Å². The third-order valence-corrected chi connectivity index (χ3v) is 7.48. The Morgan fingerprint density at radius 2 is 1.85 bits per heavy atom. The van der Waals surface area contributed by atoms with Crippen LogP contribution in [-0.4, -0.2) is 35.4 Å². The van der Waals surface area contributed by atoms with Crippen molar-refractivity contribution >= 4 is 34.8 Å². The Morgan fingerprint density at radius 1 is 1.12 bits per heavy atom. The summed E-state index contributed by atoms with van der Waals surface area (Å²) in [4.78, 5) is 27.1. The molecule has 3 aromatic rings. The summed E-state index contributed by atoms with van der Waals surface area (Å²) in [5.41, 5.74) is 1.57. The van der Waals surface area contributed by atoms with E-state index in [0.717, 1.165) is 11.1 Å². The second-order valence-electron chi connectivity index (χ2n) is 8.59. The molecule has 0 radical (unpaired) electrons. The molecule has 0 aliphatic carbocycles. The minimum Gasteiger partial charge on any atom is -0.489 e. The number of nitrogens with zero attached hydrogens (tertiary/aromatic N) is 2. The van der Waals surface area contributed by atoms with Crippen LogP contribution in [0.2, 0.25) is 10.0 Å². The summed E-state index contributed by atoms with van der Waals surface area (Å²) in [5, 5.41) is 16.2. The van der Waals surface area contributed by atoms with Crippen molar-refractivity contribution < 1.29 is 14.5 Å². The molecule has 174 valence electrons. The fourth-order valence-electron chi connectivity index (χ4n) is 5.19. The molecule has 1 spiro atoms. The molecule has 0 saturated carbocycles. The number of carbonyl (C=O) groups excluding carboxylic acids is 1. The fraction of sp³-hybridized carbons (Fsp3) is 0.240. The Kier molecular flexibility index (Phi) is 5.72. The van der Waals surface area contributed by atoms with E-state index in [1.807, 2.05) is 24.3 Å². The molecular formula is C25H21Cl2N3O4. The van der Waals surface area contributed by atoms with Crippen LogP contribution in [0.15, 0.2) is 66.7 Å². The Morgan fingerprint density at radius 3 is 2.56 bits per heavy atom. The molecule has 34 heavy (non-hydrogen) atoms. The van der Waals surface area contributed by atoms with Crippen LogP contribution < -0.4 is 10.1 Å². The fourth-order valence-corrected chi connectivity index (χ4v) is 5.51. The van der Waals surface area contributed by atoms with E-state index in [2.05, 4.69) is 5.32 Å². The lowest BCUT2D eigenvalue weighted by molar-refractivity contribution is -0.534. The number of likely N-dealkylation sites (N-methyl/N-ethyl adjacent to an activating group) is 1. The van der Waals surface area contributed by atoms with Crippen molar-refractivity contribution in [1.82, 2.24) is 4.90 Å². The summed E-state index contributed by atoms with van der Waals surface area (Å²) in [6.45, 7) is 0.677. The number of hydrogen-bond acceptors (Lipinski definition) is 5. The normalized spacial score (nSPS) is 23.7. The molecule has 0 unspecified atom stereocenters. The zero-order valence-electron chi connectivity index (χ0n) is 18.2. The number of carbonyl (C=O) groups is 1. The van der Waals surface area contributed by atoms with E-state index in [1.165, 1.54) is 0 Å². The predicted molar refractivity (Wildman–Crippen MR) is 130 cm³/mol. The number of benzene rings is 3. The van der Waals surface area contributed by atoms with E-state index in [1.54, 1.807) is 54.4 Å². The van der Waals surface area contributed by atoms with Crippen molar-refractivity contribution in [3.63, 3.8) is 0 Å². The van der Waals surface area contributed by atoms with Crippen LogP contribution in [0, 0.1) is 10.1 Å². The van der Waals surface area contributed by atoms with Crippen LogP contribution >= 0.6 is 23.2 Å². The molecule has 2 aliphatic heterocycles. The number of hydrogen-bond donors (Lipinski definition) is 1. The van der Waals surface area contributed by atoms with Gasteiger partial charge in [-0.05, 0) is 48.5 Å². The second-order valence-corrected chi connectivity index (χ2v) is 9.40. The summed E-state index contributed by atoms with van der Waals surface area (Å²) in [6.07, 6.45) is 0. The van der Waals surface area contributed by atoms with Crippen LogP contribution in [-0.2, 0) is 16.9 Å². The smallest absolute Gasteiger partial charge is 0.256 e. The van der Waals surface area contributed by atoms with Crippen LogP contribution in [0.5, 0.6) is 5.75 Å². The van der Waals surface area contributed by atoms with Crippen molar-refractivity contribution in [2.75, 3.05) is 18.9 Å². The summed E-state index contributed by atoms with van der Waals surface area (Å²) < 4.78 is 5.85. The topological polar surface area (TPSA) is 84.7 Å². The van der Waals surface area contributed by atoms with Gasteiger partial charge in [-0.3, -0.25) is 19.8 Å². The Bertz CT molecular complexity index is 1280. The van der Waals surface area contributed by atoms with E-state index in [4.69, 9.17) is 27.9 Å². The minimum atomic E-state index is -1.35. The molecule has 1 N–H and O–H groups in total. The molecular weight excluding hydrogens is 477 g/mol. The van der Waals surface area contributed by atoms with Gasteiger partial charge in [0.1, 0.15) is 12.4 Å². The van der Waals surface area contributed by atoms with Crippen molar-refractivity contribution in [2.24, 2.45) is 0 Å². The molecule has 9 heteroatoms. The van der Waals surface area contributed by atoms with Gasteiger partial charge in [0.05, 0.1) is 16.0 Å². The summed E-state index contributed by atoms with van der Waals surface area (Å²) in [6, 6.07) is 18.6. The standard InChI is InChI=1S/C25H21Cl2N3O4/c1-29-13-18(23(30(32)33)25(29)19-4-2-3-5-22(19)28-24(25)31)16-7-9-17(10-8-16)34-14-15-6-11-20(26)21(27)12-15/h2-12,18,23H,13-14H2,1H3,(H,28,31)/t18-,23-,25+/m1/s1. The van der Waals surface area contributed by atoms with Crippen LogP contribution in [0.25, 0.3) is 0 Å². The number of anilines is 1. The van der Waals surface area contributed by atoms with Gasteiger partial charge in [-0.25, -0.2) is 0 Å². The van der Waals surface area contributed by atoms with Gasteiger partial charge in [0.15, 0.2) is 5.54 Å². The Balaban J connectivity index is 1.41. The monoisotopic (exact) mass is 497 g/mol. The molecule has 3 atom stereocenters. The summed E-state index contributed by atoms with van der Waals surface area (Å²) in [7, 11) is 1.77. The largest absolute Gasteiger partial charge is 0.489 e. The van der Waals surface area contributed by atoms with Crippen molar-refractivity contribution in [1.29, 1.82) is 0 Å². The highest BCUT2D eigenvalue weighted by molar-refractivity contribution is 6.42. The van der Waals surface area contributed by atoms with Gasteiger partial charge in [0, 0.05) is 22.7 Å². The van der Waals surface area contributed by atoms with Gasteiger partial charge in [-0.2, -0.15) is 0 Å². The number of halogens is 2. The quantitative estimate of drug-likeness (QED) is 0.391. The third kappa shape index (κ3) is 3.52. The predicted octanol–water partition coefficient (Wildman–Crippen LogP) is 5.09. The lowest BCUT2D eigenvalue weighted by Crippen LogP contribution is -2.54. The van der Waals surface area contributed by atoms with Gasteiger partial charge < -0.3 is 10.1 Å².